The zero-order valence-electron chi connectivity index (χ0n) is 13.8. The summed E-state index contributed by atoms with van der Waals surface area (Å²) in [5, 5.41) is 3.14. The van der Waals surface area contributed by atoms with E-state index in [0.717, 1.165) is 31.2 Å². The number of nitrogens with zero attached hydrogens (tertiary/aromatic N) is 3. The molecule has 1 aliphatic rings. The lowest BCUT2D eigenvalue weighted by Gasteiger charge is -2.29. The molecule has 6 nitrogen and oxygen atoms in total. The average molecular weight is 336 g/mol. The molecule has 3 heterocycles. The van der Waals surface area contributed by atoms with Crippen molar-refractivity contribution in [3.05, 3.63) is 60.8 Å². The Morgan fingerprint density at radius 2 is 2.08 bits per heavy atom. The van der Waals surface area contributed by atoms with Gasteiger partial charge in [-0.15, -0.1) is 0 Å². The van der Waals surface area contributed by atoms with E-state index in [1.54, 1.807) is 18.6 Å². The standard InChI is InChI=1S/C19H20N4O2/c24-19(14-11-16-3-1-2-10-23(16)13-14)22-15-4-6-17(7-5-15)25-18-12-20-8-9-21-18/h1-3,8-13,15,17H,4-7H2,(H,22,24). The minimum absolute atomic E-state index is 0.0120. The number of aromatic nitrogens is 3. The number of rotatable bonds is 4. The van der Waals surface area contributed by atoms with Gasteiger partial charge in [0.1, 0.15) is 6.10 Å². The molecule has 0 atom stereocenters. The first-order valence-electron chi connectivity index (χ1n) is 8.58. The molecule has 25 heavy (non-hydrogen) atoms. The molecular formula is C19H20N4O2. The molecule has 0 unspecified atom stereocenters. The van der Waals surface area contributed by atoms with Crippen LogP contribution in [0, 0.1) is 0 Å². The summed E-state index contributed by atoms with van der Waals surface area (Å²) < 4.78 is 7.80. The van der Waals surface area contributed by atoms with E-state index in [1.807, 2.05) is 41.1 Å². The normalized spacial score (nSPS) is 20.3. The van der Waals surface area contributed by atoms with Gasteiger partial charge in [-0.3, -0.25) is 9.78 Å². The second kappa shape index (κ2) is 6.93. The molecule has 3 aromatic heterocycles. The fourth-order valence-electron chi connectivity index (χ4n) is 3.29. The van der Waals surface area contributed by atoms with E-state index in [2.05, 4.69) is 15.3 Å². The highest BCUT2D eigenvalue weighted by atomic mass is 16.5. The molecule has 3 aromatic rings. The SMILES string of the molecule is O=C(NC1CCC(Oc2cnccn2)CC1)c1cc2ccccn2c1. The number of fused-ring (bicyclic) bond motifs is 1. The number of hydrogen-bond acceptors (Lipinski definition) is 4. The van der Waals surface area contributed by atoms with Crippen LogP contribution in [0.5, 0.6) is 5.88 Å². The van der Waals surface area contributed by atoms with Gasteiger partial charge in [0.2, 0.25) is 5.88 Å². The molecule has 1 aliphatic carbocycles. The molecule has 0 spiro atoms. The third kappa shape index (κ3) is 3.63. The van der Waals surface area contributed by atoms with Crippen molar-refractivity contribution in [2.75, 3.05) is 0 Å². The van der Waals surface area contributed by atoms with Crippen LogP contribution in [0.2, 0.25) is 0 Å². The van der Waals surface area contributed by atoms with Gasteiger partial charge >= 0.3 is 0 Å². The van der Waals surface area contributed by atoms with Gasteiger partial charge in [0, 0.05) is 36.3 Å². The topological polar surface area (TPSA) is 68.5 Å². The predicted octanol–water partition coefficient (Wildman–Crippen LogP) is 2.85. The number of ether oxygens (including phenoxy) is 1. The zero-order valence-corrected chi connectivity index (χ0v) is 13.8. The Bertz CT molecular complexity index is 821. The van der Waals surface area contributed by atoms with Gasteiger partial charge in [0.15, 0.2) is 0 Å². The molecule has 6 heteroatoms. The molecule has 0 radical (unpaired) electrons. The summed E-state index contributed by atoms with van der Waals surface area (Å²) in [5.74, 6) is 0.553. The minimum Gasteiger partial charge on any atom is -0.473 e. The first-order chi connectivity index (χ1) is 12.3. The van der Waals surface area contributed by atoms with Crippen LogP contribution in [0.4, 0.5) is 0 Å². The smallest absolute Gasteiger partial charge is 0.253 e. The number of hydrogen-bond donors (Lipinski definition) is 1. The molecule has 1 fully saturated rings. The lowest BCUT2D eigenvalue weighted by Crippen LogP contribution is -2.39. The van der Waals surface area contributed by atoms with E-state index in [-0.39, 0.29) is 18.1 Å². The van der Waals surface area contributed by atoms with E-state index in [9.17, 15) is 4.79 Å². The van der Waals surface area contributed by atoms with Gasteiger partial charge in [0.05, 0.1) is 11.8 Å². The molecule has 0 saturated heterocycles. The second-order valence-electron chi connectivity index (χ2n) is 6.37. The quantitative estimate of drug-likeness (QED) is 0.795. The minimum atomic E-state index is -0.0120. The summed E-state index contributed by atoms with van der Waals surface area (Å²) >= 11 is 0. The first kappa shape index (κ1) is 15.6. The van der Waals surface area contributed by atoms with Crippen LogP contribution in [-0.2, 0) is 0 Å². The Morgan fingerprint density at radius 1 is 1.20 bits per heavy atom. The van der Waals surface area contributed by atoms with Crippen molar-refractivity contribution in [2.24, 2.45) is 0 Å². The van der Waals surface area contributed by atoms with Crippen LogP contribution >= 0.6 is 0 Å². The van der Waals surface area contributed by atoms with Crippen molar-refractivity contribution >= 4 is 11.4 Å². The maximum Gasteiger partial charge on any atom is 0.253 e. The third-order valence-electron chi connectivity index (χ3n) is 4.60. The summed E-state index contributed by atoms with van der Waals surface area (Å²) in [6, 6.07) is 8.02. The maximum atomic E-state index is 12.5. The molecule has 0 aromatic carbocycles. The maximum absolute atomic E-state index is 12.5. The van der Waals surface area contributed by atoms with Gasteiger partial charge in [-0.1, -0.05) is 6.07 Å². The largest absolute Gasteiger partial charge is 0.473 e. The van der Waals surface area contributed by atoms with Gasteiger partial charge in [0.25, 0.3) is 5.91 Å². The number of pyridine rings is 1. The Hall–Kier alpha value is -2.89. The third-order valence-corrected chi connectivity index (χ3v) is 4.60. The molecule has 1 saturated carbocycles. The molecule has 128 valence electrons. The summed E-state index contributed by atoms with van der Waals surface area (Å²) in [7, 11) is 0. The molecule has 1 amide bonds. The fraction of sp³-hybridized carbons (Fsp3) is 0.316. The van der Waals surface area contributed by atoms with Gasteiger partial charge in [-0.25, -0.2) is 4.98 Å². The van der Waals surface area contributed by atoms with Crippen molar-refractivity contribution < 1.29 is 9.53 Å². The van der Waals surface area contributed by atoms with Crippen LogP contribution in [0.3, 0.4) is 0 Å². The summed E-state index contributed by atoms with van der Waals surface area (Å²) in [6.07, 6.45) is 12.5. The lowest BCUT2D eigenvalue weighted by molar-refractivity contribution is 0.0890. The van der Waals surface area contributed by atoms with E-state index < -0.39 is 0 Å². The van der Waals surface area contributed by atoms with E-state index in [1.165, 1.54) is 0 Å². The molecular weight excluding hydrogens is 316 g/mol. The molecule has 0 bridgehead atoms. The van der Waals surface area contributed by atoms with Crippen molar-refractivity contribution in [3.8, 4) is 5.88 Å². The fourth-order valence-corrected chi connectivity index (χ4v) is 3.29. The molecule has 1 N–H and O–H groups in total. The highest BCUT2D eigenvalue weighted by molar-refractivity contribution is 5.95. The molecule has 4 rings (SSSR count). The summed E-state index contributed by atoms with van der Waals surface area (Å²) in [6.45, 7) is 0. The highest BCUT2D eigenvalue weighted by Crippen LogP contribution is 2.23. The van der Waals surface area contributed by atoms with E-state index in [0.29, 0.717) is 11.4 Å². The van der Waals surface area contributed by atoms with E-state index in [4.69, 9.17) is 4.74 Å². The van der Waals surface area contributed by atoms with Crippen LogP contribution in [0.25, 0.3) is 5.52 Å². The van der Waals surface area contributed by atoms with Crippen molar-refractivity contribution in [1.82, 2.24) is 19.7 Å². The van der Waals surface area contributed by atoms with Crippen LogP contribution < -0.4 is 10.1 Å². The Balaban J connectivity index is 1.31. The second-order valence-corrected chi connectivity index (χ2v) is 6.37. The van der Waals surface area contributed by atoms with Gasteiger partial charge < -0.3 is 14.5 Å². The highest BCUT2D eigenvalue weighted by Gasteiger charge is 2.24. The zero-order chi connectivity index (χ0) is 17.1. The summed E-state index contributed by atoms with van der Waals surface area (Å²) in [5.41, 5.74) is 1.72. The van der Waals surface area contributed by atoms with Crippen LogP contribution in [0.1, 0.15) is 36.0 Å². The number of carbonyl (C=O) groups excluding carboxylic acids is 1. The Morgan fingerprint density at radius 3 is 2.84 bits per heavy atom. The number of nitrogens with one attached hydrogen (secondary N) is 1. The monoisotopic (exact) mass is 336 g/mol. The van der Waals surface area contributed by atoms with Crippen molar-refractivity contribution in [3.63, 3.8) is 0 Å². The van der Waals surface area contributed by atoms with Crippen molar-refractivity contribution in [2.45, 2.75) is 37.8 Å². The van der Waals surface area contributed by atoms with Crippen LogP contribution in [-0.4, -0.2) is 32.4 Å². The van der Waals surface area contributed by atoms with Gasteiger partial charge in [-0.05, 0) is 43.9 Å². The van der Waals surface area contributed by atoms with E-state index >= 15 is 0 Å². The Kier molecular flexibility index (Phi) is 4.33. The first-order valence-corrected chi connectivity index (χ1v) is 8.58. The number of amides is 1. The Labute approximate surface area is 145 Å². The predicted molar refractivity (Wildman–Crippen MR) is 93.6 cm³/mol. The molecule has 0 aliphatic heterocycles. The van der Waals surface area contributed by atoms with Gasteiger partial charge in [-0.2, -0.15) is 0 Å². The van der Waals surface area contributed by atoms with Crippen LogP contribution in [0.15, 0.2) is 55.2 Å². The summed E-state index contributed by atoms with van der Waals surface area (Å²) in [4.78, 5) is 20.6. The lowest BCUT2D eigenvalue weighted by atomic mass is 9.93. The van der Waals surface area contributed by atoms with Crippen molar-refractivity contribution in [1.29, 1.82) is 0 Å². The average Bonchev–Trinajstić information content (AvgIpc) is 3.09. The number of carbonyl (C=O) groups is 1.